The van der Waals surface area contributed by atoms with E-state index in [1.165, 1.54) is 11.3 Å². The van der Waals surface area contributed by atoms with E-state index in [1.807, 2.05) is 13.8 Å². The lowest BCUT2D eigenvalue weighted by atomic mass is 10.0. The zero-order chi connectivity index (χ0) is 15.5. The van der Waals surface area contributed by atoms with E-state index in [2.05, 4.69) is 26.4 Å². The lowest BCUT2D eigenvalue weighted by Crippen LogP contribution is -2.29. The quantitative estimate of drug-likeness (QED) is 0.756. The van der Waals surface area contributed by atoms with Crippen LogP contribution in [0.25, 0.3) is 0 Å². The molecule has 0 aliphatic carbocycles. The Labute approximate surface area is 128 Å². The van der Waals surface area contributed by atoms with Gasteiger partial charge in [0, 0.05) is 30.7 Å². The molecule has 0 saturated carbocycles. The monoisotopic (exact) mass is 305 g/mol. The van der Waals surface area contributed by atoms with Crippen LogP contribution in [0.1, 0.15) is 52.6 Å². The number of hydrogen-bond acceptors (Lipinski definition) is 6. The van der Waals surface area contributed by atoms with E-state index in [-0.39, 0.29) is 17.6 Å². The summed E-state index contributed by atoms with van der Waals surface area (Å²) in [6.07, 6.45) is 7.29. The Kier molecular flexibility index (Phi) is 4.70. The van der Waals surface area contributed by atoms with E-state index in [9.17, 15) is 4.79 Å². The van der Waals surface area contributed by atoms with E-state index in [0.717, 1.165) is 16.3 Å². The molecule has 0 saturated heterocycles. The molecule has 0 radical (unpaired) electrons. The van der Waals surface area contributed by atoms with Gasteiger partial charge in [0.15, 0.2) is 5.66 Å². The van der Waals surface area contributed by atoms with Crippen LogP contribution in [0.15, 0.2) is 10.2 Å². The molecular weight excluding hydrogens is 286 g/mol. The van der Waals surface area contributed by atoms with Gasteiger partial charge in [-0.2, -0.15) is 10.2 Å². The predicted octanol–water partition coefficient (Wildman–Crippen LogP) is 2.17. The Morgan fingerprint density at radius 3 is 2.76 bits per heavy atom. The average molecular weight is 305 g/mol. The fourth-order valence-corrected chi connectivity index (χ4v) is 2.82. The van der Waals surface area contributed by atoms with E-state index in [1.54, 1.807) is 0 Å². The molecule has 2 heterocycles. The first kappa shape index (κ1) is 15.6. The second-order valence-electron chi connectivity index (χ2n) is 5.14. The van der Waals surface area contributed by atoms with Gasteiger partial charge in [0.25, 0.3) is 5.91 Å². The summed E-state index contributed by atoms with van der Waals surface area (Å²) in [4.78, 5) is 17.3. The predicted molar refractivity (Wildman–Crippen MR) is 82.1 cm³/mol. The number of hydrogen-bond donors (Lipinski definition) is 2. The van der Waals surface area contributed by atoms with Crippen molar-refractivity contribution in [2.24, 2.45) is 16.0 Å². The Morgan fingerprint density at radius 2 is 2.24 bits per heavy atom. The zero-order valence-corrected chi connectivity index (χ0v) is 13.0. The Morgan fingerprint density at radius 1 is 1.52 bits per heavy atom. The SMILES string of the molecule is C#CCCC1(CCNC(=O)c2nc(C(C)N)sc2C)N=N1. The van der Waals surface area contributed by atoms with Crippen LogP contribution in [0, 0.1) is 19.3 Å². The van der Waals surface area contributed by atoms with Gasteiger partial charge in [-0.1, -0.05) is 0 Å². The van der Waals surface area contributed by atoms with Crippen LogP contribution < -0.4 is 11.1 Å². The van der Waals surface area contributed by atoms with Gasteiger partial charge in [-0.3, -0.25) is 4.79 Å². The van der Waals surface area contributed by atoms with Crippen LogP contribution in [0.2, 0.25) is 0 Å². The number of nitrogens with zero attached hydrogens (tertiary/aromatic N) is 3. The van der Waals surface area contributed by atoms with Crippen molar-refractivity contribution in [3.05, 3.63) is 15.6 Å². The fraction of sp³-hybridized carbons (Fsp3) is 0.571. The molecule has 0 fully saturated rings. The number of rotatable bonds is 7. The molecule has 1 atom stereocenters. The Bertz CT molecular complexity index is 593. The molecule has 1 aromatic heterocycles. The second kappa shape index (κ2) is 6.33. The van der Waals surface area contributed by atoms with Gasteiger partial charge in [-0.15, -0.1) is 23.7 Å². The molecule has 7 heteroatoms. The third-order valence-corrected chi connectivity index (χ3v) is 4.45. The number of thiazole rings is 1. The molecule has 1 aromatic rings. The van der Waals surface area contributed by atoms with Crippen molar-refractivity contribution >= 4 is 17.2 Å². The van der Waals surface area contributed by atoms with Crippen LogP contribution in [0.5, 0.6) is 0 Å². The Hall–Kier alpha value is -1.78. The van der Waals surface area contributed by atoms with Crippen molar-refractivity contribution in [1.82, 2.24) is 10.3 Å². The lowest BCUT2D eigenvalue weighted by Gasteiger charge is -2.09. The first-order chi connectivity index (χ1) is 9.97. The summed E-state index contributed by atoms with van der Waals surface area (Å²) in [5.41, 5.74) is 5.87. The van der Waals surface area contributed by atoms with Gasteiger partial charge in [0.05, 0.1) is 6.04 Å². The topological polar surface area (TPSA) is 92.7 Å². The van der Waals surface area contributed by atoms with Crippen LogP contribution in [-0.2, 0) is 0 Å². The summed E-state index contributed by atoms with van der Waals surface area (Å²) in [5.74, 6) is 2.40. The molecule has 1 amide bonds. The number of aromatic nitrogens is 1. The molecule has 1 aliphatic heterocycles. The number of terminal acetylenes is 1. The molecule has 0 spiro atoms. The van der Waals surface area contributed by atoms with Crippen molar-refractivity contribution in [3.8, 4) is 12.3 Å². The van der Waals surface area contributed by atoms with Crippen molar-refractivity contribution in [3.63, 3.8) is 0 Å². The fourth-order valence-electron chi connectivity index (χ4n) is 1.95. The smallest absolute Gasteiger partial charge is 0.271 e. The summed E-state index contributed by atoms with van der Waals surface area (Å²) in [6, 6.07) is -0.161. The first-order valence-corrected chi connectivity index (χ1v) is 7.68. The molecular formula is C14H19N5OS. The number of nitrogens with one attached hydrogen (secondary N) is 1. The lowest BCUT2D eigenvalue weighted by molar-refractivity contribution is 0.0947. The van der Waals surface area contributed by atoms with Crippen LogP contribution >= 0.6 is 11.3 Å². The molecule has 6 nitrogen and oxygen atoms in total. The number of carbonyl (C=O) groups excluding carboxylic acids is 1. The molecule has 0 aromatic carbocycles. The maximum atomic E-state index is 12.1. The van der Waals surface area contributed by atoms with Crippen molar-refractivity contribution in [1.29, 1.82) is 0 Å². The maximum Gasteiger partial charge on any atom is 0.271 e. The third-order valence-electron chi connectivity index (χ3n) is 3.28. The summed E-state index contributed by atoms with van der Waals surface area (Å²) < 4.78 is 0. The normalized spacial score (nSPS) is 16.3. The van der Waals surface area contributed by atoms with E-state index < -0.39 is 0 Å². The molecule has 112 valence electrons. The largest absolute Gasteiger partial charge is 0.350 e. The third kappa shape index (κ3) is 3.86. The van der Waals surface area contributed by atoms with Gasteiger partial charge >= 0.3 is 0 Å². The minimum Gasteiger partial charge on any atom is -0.350 e. The molecule has 2 rings (SSSR count). The number of nitrogens with two attached hydrogens (primary N) is 1. The minimum absolute atomic E-state index is 0.161. The molecule has 1 unspecified atom stereocenters. The highest BCUT2D eigenvalue weighted by molar-refractivity contribution is 7.11. The van der Waals surface area contributed by atoms with Gasteiger partial charge in [-0.05, 0) is 13.8 Å². The van der Waals surface area contributed by atoms with Crippen molar-refractivity contribution < 1.29 is 4.79 Å². The standard InChI is InChI=1S/C14H19N5OS/c1-4-5-6-14(18-19-14)7-8-16-12(20)11-10(3)21-13(17-11)9(2)15/h1,9H,5-8,15H2,2-3H3,(H,16,20). The van der Waals surface area contributed by atoms with Gasteiger partial charge in [0.2, 0.25) is 0 Å². The zero-order valence-electron chi connectivity index (χ0n) is 12.2. The van der Waals surface area contributed by atoms with Gasteiger partial charge < -0.3 is 11.1 Å². The van der Waals surface area contributed by atoms with Gasteiger partial charge in [-0.25, -0.2) is 4.98 Å². The summed E-state index contributed by atoms with van der Waals surface area (Å²) in [5, 5.41) is 11.7. The maximum absolute atomic E-state index is 12.1. The van der Waals surface area contributed by atoms with E-state index >= 15 is 0 Å². The average Bonchev–Trinajstić information content (AvgIpc) is 3.09. The highest BCUT2D eigenvalue weighted by atomic mass is 32.1. The summed E-state index contributed by atoms with van der Waals surface area (Å²) in [6.45, 7) is 4.23. The van der Waals surface area contributed by atoms with E-state index in [0.29, 0.717) is 25.1 Å². The van der Waals surface area contributed by atoms with Gasteiger partial charge in [0.1, 0.15) is 10.7 Å². The number of amides is 1. The van der Waals surface area contributed by atoms with Crippen LogP contribution in [0.3, 0.4) is 0 Å². The molecule has 21 heavy (non-hydrogen) atoms. The number of carbonyl (C=O) groups is 1. The summed E-state index contributed by atoms with van der Waals surface area (Å²) in [7, 11) is 0. The van der Waals surface area contributed by atoms with Crippen LogP contribution in [0.4, 0.5) is 0 Å². The highest BCUT2D eigenvalue weighted by Crippen LogP contribution is 2.36. The highest BCUT2D eigenvalue weighted by Gasteiger charge is 2.38. The van der Waals surface area contributed by atoms with Crippen molar-refractivity contribution in [2.75, 3.05) is 6.54 Å². The summed E-state index contributed by atoms with van der Waals surface area (Å²) >= 11 is 1.46. The van der Waals surface area contributed by atoms with Crippen molar-refractivity contribution in [2.45, 2.75) is 44.8 Å². The first-order valence-electron chi connectivity index (χ1n) is 6.86. The number of aryl methyl sites for hydroxylation is 1. The molecule has 3 N–H and O–H groups in total. The minimum atomic E-state index is -0.367. The Balaban J connectivity index is 1.84. The molecule has 1 aliphatic rings. The van der Waals surface area contributed by atoms with Crippen LogP contribution in [-0.4, -0.2) is 23.1 Å². The second-order valence-corrected chi connectivity index (χ2v) is 6.37. The van der Waals surface area contributed by atoms with E-state index in [4.69, 9.17) is 12.2 Å². The molecule has 0 bridgehead atoms.